The van der Waals surface area contributed by atoms with Crippen LogP contribution in [0.4, 0.5) is 5.82 Å². The van der Waals surface area contributed by atoms with Crippen molar-refractivity contribution in [2.24, 2.45) is 0 Å². The van der Waals surface area contributed by atoms with Crippen LogP contribution in [0, 0.1) is 0 Å². The zero-order chi connectivity index (χ0) is 18.8. The molecule has 1 atom stereocenters. The van der Waals surface area contributed by atoms with Crippen LogP contribution in [0.25, 0.3) is 0 Å². The summed E-state index contributed by atoms with van der Waals surface area (Å²) in [5, 5.41) is 12.7. The standard InChI is InChI=1S/C20H24ClN3O2/c21-16-9-5-10-18(23-19(22)13-12-16)20(26)24-17(11-6-14-25)15-7-3-1-2-4-8-15/h1-3,5,7-10,12-13,17,23,25H,4,6,11,14,22H2,(H,24,26). The monoisotopic (exact) mass is 373 g/mol. The minimum Gasteiger partial charge on any atom is -0.396 e. The van der Waals surface area contributed by atoms with Gasteiger partial charge in [0.05, 0.1) is 6.04 Å². The van der Waals surface area contributed by atoms with Crippen LogP contribution < -0.4 is 11.1 Å². The maximum absolute atomic E-state index is 12.8. The number of aromatic nitrogens is 1. The fourth-order valence-corrected chi connectivity index (χ4v) is 2.68. The highest BCUT2D eigenvalue weighted by atomic mass is 35.5. The number of carbonyl (C=O) groups excluding carboxylic acids is 1. The molecule has 1 aromatic rings. The molecule has 1 unspecified atom stereocenters. The van der Waals surface area contributed by atoms with E-state index in [1.54, 1.807) is 30.3 Å². The number of anilines is 1. The van der Waals surface area contributed by atoms with E-state index in [2.05, 4.69) is 16.4 Å². The third-order valence-corrected chi connectivity index (χ3v) is 4.10. The Morgan fingerprint density at radius 3 is 2.96 bits per heavy atom. The van der Waals surface area contributed by atoms with Gasteiger partial charge in [-0.1, -0.05) is 48.0 Å². The highest BCUT2D eigenvalue weighted by molar-refractivity contribution is 6.30. The van der Waals surface area contributed by atoms with Gasteiger partial charge in [-0.2, -0.15) is 0 Å². The predicted molar refractivity (Wildman–Crippen MR) is 106 cm³/mol. The van der Waals surface area contributed by atoms with Crippen molar-refractivity contribution < 1.29 is 9.90 Å². The van der Waals surface area contributed by atoms with E-state index in [1.807, 2.05) is 24.3 Å². The first-order valence-corrected chi connectivity index (χ1v) is 8.91. The molecule has 5 N–H and O–H groups in total. The summed E-state index contributed by atoms with van der Waals surface area (Å²) in [6.45, 7) is 0.0746. The Morgan fingerprint density at radius 2 is 2.15 bits per heavy atom. The van der Waals surface area contributed by atoms with E-state index < -0.39 is 0 Å². The number of halogens is 1. The average Bonchev–Trinajstić information content (AvgIpc) is 2.87. The number of nitrogens with one attached hydrogen (secondary N) is 2. The van der Waals surface area contributed by atoms with E-state index in [0.717, 1.165) is 12.0 Å². The van der Waals surface area contributed by atoms with Crippen molar-refractivity contribution in [2.45, 2.75) is 25.3 Å². The Kier molecular flexibility index (Phi) is 7.99. The number of aromatic amines is 1. The molecule has 6 heteroatoms. The largest absolute Gasteiger partial charge is 0.396 e. The first-order valence-electron chi connectivity index (χ1n) is 8.53. The number of aliphatic hydroxyl groups is 1. The zero-order valence-corrected chi connectivity index (χ0v) is 15.2. The van der Waals surface area contributed by atoms with Crippen LogP contribution in [0.3, 0.4) is 0 Å². The van der Waals surface area contributed by atoms with Gasteiger partial charge in [-0.25, -0.2) is 0 Å². The molecule has 0 saturated carbocycles. The van der Waals surface area contributed by atoms with Crippen LogP contribution in [-0.2, 0) is 0 Å². The minimum absolute atomic E-state index is 0.0746. The predicted octanol–water partition coefficient (Wildman–Crippen LogP) is 3.69. The summed E-state index contributed by atoms with van der Waals surface area (Å²) in [6.07, 6.45) is 12.1. The molecule has 1 aliphatic rings. The lowest BCUT2D eigenvalue weighted by Gasteiger charge is -2.20. The molecular formula is C20H24ClN3O2. The van der Waals surface area contributed by atoms with Gasteiger partial charge in [0.2, 0.25) is 0 Å². The lowest BCUT2D eigenvalue weighted by molar-refractivity contribution is 0.0935. The van der Waals surface area contributed by atoms with Gasteiger partial charge >= 0.3 is 0 Å². The number of carbonyl (C=O) groups is 1. The van der Waals surface area contributed by atoms with E-state index in [0.29, 0.717) is 29.4 Å². The topological polar surface area (TPSA) is 91.1 Å². The van der Waals surface area contributed by atoms with Gasteiger partial charge < -0.3 is 21.1 Å². The maximum atomic E-state index is 12.8. The summed E-state index contributed by atoms with van der Waals surface area (Å²) in [5.74, 6) is 0.0383. The van der Waals surface area contributed by atoms with Gasteiger partial charge in [0.15, 0.2) is 0 Å². The number of hydrogen-bond acceptors (Lipinski definition) is 3. The van der Waals surface area contributed by atoms with Gasteiger partial charge in [0, 0.05) is 11.6 Å². The molecule has 138 valence electrons. The number of amides is 1. The molecule has 1 heterocycles. The summed E-state index contributed by atoms with van der Waals surface area (Å²) >= 11 is 5.99. The third-order valence-electron chi connectivity index (χ3n) is 3.85. The first-order chi connectivity index (χ1) is 12.6. The van der Waals surface area contributed by atoms with Gasteiger partial charge in [-0.15, -0.1) is 0 Å². The second-order valence-corrected chi connectivity index (χ2v) is 6.29. The smallest absolute Gasteiger partial charge is 0.268 e. The SMILES string of the molecule is Nc1ccc(Cl)cccc(C(=O)NC(CCCO)C2=CCC=CC=C2)[nH]1. The molecule has 26 heavy (non-hydrogen) atoms. The molecule has 0 spiro atoms. The summed E-state index contributed by atoms with van der Waals surface area (Å²) in [6, 6.07) is 8.04. The number of aliphatic hydroxyl groups excluding tert-OH is 1. The van der Waals surface area contributed by atoms with Gasteiger partial charge in [-0.3, -0.25) is 4.79 Å². The molecule has 1 aliphatic carbocycles. The average molecular weight is 374 g/mol. The lowest BCUT2D eigenvalue weighted by atomic mass is 10.0. The van der Waals surface area contributed by atoms with Gasteiger partial charge in [-0.05, 0) is 49.1 Å². The van der Waals surface area contributed by atoms with Crippen LogP contribution in [0.15, 0.2) is 66.3 Å². The molecule has 5 nitrogen and oxygen atoms in total. The first kappa shape index (κ1) is 19.8. The molecule has 0 bridgehead atoms. The Balaban J connectivity index is 2.26. The van der Waals surface area contributed by atoms with Crippen molar-refractivity contribution in [1.29, 1.82) is 0 Å². The fraction of sp³-hybridized carbons (Fsp3) is 0.250. The van der Waals surface area contributed by atoms with Crippen LogP contribution in [0.5, 0.6) is 0 Å². The fourth-order valence-electron chi connectivity index (χ4n) is 2.54. The quantitative estimate of drug-likeness (QED) is 0.612. The molecule has 1 amide bonds. The van der Waals surface area contributed by atoms with Crippen molar-refractivity contribution in [2.75, 3.05) is 12.3 Å². The molecule has 0 aliphatic heterocycles. The van der Waals surface area contributed by atoms with E-state index in [9.17, 15) is 9.90 Å². The van der Waals surface area contributed by atoms with Crippen LogP contribution in [0.1, 0.15) is 29.8 Å². The highest BCUT2D eigenvalue weighted by Crippen LogP contribution is 2.15. The molecule has 0 fully saturated rings. The molecule has 0 aromatic carbocycles. The van der Waals surface area contributed by atoms with E-state index in [-0.39, 0.29) is 18.6 Å². The minimum atomic E-state index is -0.279. The van der Waals surface area contributed by atoms with Crippen LogP contribution >= 0.6 is 11.6 Å². The molecule has 0 radical (unpaired) electrons. The normalized spacial score (nSPS) is 14.2. The number of nitrogens with two attached hydrogens (primary N) is 1. The maximum Gasteiger partial charge on any atom is 0.268 e. The summed E-state index contributed by atoms with van der Waals surface area (Å²) in [5.41, 5.74) is 7.21. The van der Waals surface area contributed by atoms with E-state index in [1.165, 1.54) is 0 Å². The van der Waals surface area contributed by atoms with E-state index >= 15 is 0 Å². The third kappa shape index (κ3) is 6.43. The Labute approximate surface area is 158 Å². The van der Waals surface area contributed by atoms with E-state index in [4.69, 9.17) is 17.3 Å². The van der Waals surface area contributed by atoms with Crippen LogP contribution in [-0.4, -0.2) is 28.6 Å². The second-order valence-electron chi connectivity index (χ2n) is 5.86. The summed E-state index contributed by atoms with van der Waals surface area (Å²) in [4.78, 5) is 15.7. The summed E-state index contributed by atoms with van der Waals surface area (Å²) < 4.78 is 0. The number of hydrogen-bond donors (Lipinski definition) is 4. The number of rotatable bonds is 6. The molecule has 1 aromatic heterocycles. The molecule has 2 rings (SSSR count). The highest BCUT2D eigenvalue weighted by Gasteiger charge is 2.16. The van der Waals surface area contributed by atoms with Gasteiger partial charge in [0.25, 0.3) is 5.91 Å². The summed E-state index contributed by atoms with van der Waals surface area (Å²) in [7, 11) is 0. The number of H-pyrrole nitrogens is 1. The Hall–Kier alpha value is -2.50. The van der Waals surface area contributed by atoms with Crippen molar-refractivity contribution in [3.8, 4) is 0 Å². The Morgan fingerprint density at radius 1 is 1.31 bits per heavy atom. The Bertz CT molecular complexity index is 764. The molecular weight excluding hydrogens is 350 g/mol. The number of allylic oxidation sites excluding steroid dienone is 4. The second kappa shape index (κ2) is 10.5. The number of nitrogen functional groups attached to an aromatic ring is 1. The van der Waals surface area contributed by atoms with Gasteiger partial charge in [0.1, 0.15) is 11.5 Å². The lowest BCUT2D eigenvalue weighted by Crippen LogP contribution is -2.36. The van der Waals surface area contributed by atoms with Crippen molar-refractivity contribution in [3.05, 3.63) is 77.0 Å². The van der Waals surface area contributed by atoms with Crippen molar-refractivity contribution >= 4 is 23.3 Å². The van der Waals surface area contributed by atoms with Crippen molar-refractivity contribution in [3.63, 3.8) is 0 Å². The zero-order valence-electron chi connectivity index (χ0n) is 14.5. The van der Waals surface area contributed by atoms with Crippen LogP contribution in [0.2, 0.25) is 5.02 Å². The molecule has 0 saturated heterocycles. The van der Waals surface area contributed by atoms with Crippen molar-refractivity contribution in [1.82, 2.24) is 10.3 Å².